The Morgan fingerprint density at radius 3 is 2.17 bits per heavy atom. The van der Waals surface area contributed by atoms with E-state index in [2.05, 4.69) is 53.3 Å². The van der Waals surface area contributed by atoms with Crippen LogP contribution in [0, 0.1) is 0 Å². The smallest absolute Gasteiger partial charge is 0.165 e. The van der Waals surface area contributed by atoms with Gasteiger partial charge in [-0.25, -0.2) is 4.98 Å². The van der Waals surface area contributed by atoms with Crippen molar-refractivity contribution in [2.75, 3.05) is 5.75 Å². The van der Waals surface area contributed by atoms with Crippen LogP contribution < -0.4 is 0 Å². The van der Waals surface area contributed by atoms with E-state index < -0.39 is 0 Å². The molecule has 0 aliphatic heterocycles. The molecule has 24 heavy (non-hydrogen) atoms. The van der Waals surface area contributed by atoms with Crippen LogP contribution in [0.15, 0.2) is 54.0 Å². The van der Waals surface area contributed by atoms with Gasteiger partial charge < -0.3 is 4.98 Å². The zero-order valence-corrected chi connectivity index (χ0v) is 16.1. The van der Waals surface area contributed by atoms with Gasteiger partial charge in [-0.2, -0.15) is 0 Å². The van der Waals surface area contributed by atoms with Crippen LogP contribution in [0.4, 0.5) is 0 Å². The van der Waals surface area contributed by atoms with Crippen LogP contribution in [-0.4, -0.2) is 15.7 Å². The summed E-state index contributed by atoms with van der Waals surface area (Å²) >= 11 is 1.81. The molecule has 0 spiro atoms. The van der Waals surface area contributed by atoms with Gasteiger partial charge in [0, 0.05) is 18.1 Å². The van der Waals surface area contributed by atoms with E-state index in [1.807, 2.05) is 24.2 Å². The number of thioether (sulfide) groups is 1. The highest BCUT2D eigenvalue weighted by Gasteiger charge is 1.94. The van der Waals surface area contributed by atoms with E-state index in [1.54, 1.807) is 0 Å². The van der Waals surface area contributed by atoms with E-state index in [1.165, 1.54) is 51.4 Å². The molecule has 0 saturated carbocycles. The van der Waals surface area contributed by atoms with Crippen molar-refractivity contribution in [1.29, 1.82) is 0 Å². The summed E-state index contributed by atoms with van der Waals surface area (Å²) in [6.45, 7) is 2.25. The van der Waals surface area contributed by atoms with E-state index >= 15 is 0 Å². The fourth-order valence-electron chi connectivity index (χ4n) is 2.33. The zero-order valence-electron chi connectivity index (χ0n) is 15.3. The van der Waals surface area contributed by atoms with Gasteiger partial charge in [-0.15, -0.1) is 0 Å². The third-order valence-corrected chi connectivity index (χ3v) is 4.74. The van der Waals surface area contributed by atoms with Crippen molar-refractivity contribution in [1.82, 2.24) is 9.97 Å². The summed E-state index contributed by atoms with van der Waals surface area (Å²) < 4.78 is 0. The van der Waals surface area contributed by atoms with Gasteiger partial charge in [0.15, 0.2) is 5.16 Å². The molecule has 1 N–H and O–H groups in total. The molecular weight excluding hydrogens is 312 g/mol. The Morgan fingerprint density at radius 1 is 0.875 bits per heavy atom. The van der Waals surface area contributed by atoms with Gasteiger partial charge in [-0.3, -0.25) is 0 Å². The molecule has 0 saturated heterocycles. The van der Waals surface area contributed by atoms with E-state index in [9.17, 15) is 0 Å². The molecule has 0 aliphatic carbocycles. The largest absolute Gasteiger partial charge is 0.340 e. The van der Waals surface area contributed by atoms with E-state index in [0.717, 1.165) is 23.8 Å². The highest BCUT2D eigenvalue weighted by molar-refractivity contribution is 7.99. The van der Waals surface area contributed by atoms with Gasteiger partial charge in [0.1, 0.15) is 0 Å². The summed E-state index contributed by atoms with van der Waals surface area (Å²) in [4.78, 5) is 7.33. The molecule has 0 amide bonds. The second kappa shape index (κ2) is 16.6. The highest BCUT2D eigenvalue weighted by Crippen LogP contribution is 2.14. The Kier molecular flexibility index (Phi) is 14.4. The normalized spacial score (nSPS) is 12.2. The van der Waals surface area contributed by atoms with Crippen LogP contribution in [0.1, 0.15) is 71.1 Å². The fraction of sp³-hybridized carbons (Fsp3) is 0.571. The van der Waals surface area contributed by atoms with Crippen molar-refractivity contribution in [2.24, 2.45) is 0 Å². The predicted molar refractivity (Wildman–Crippen MR) is 109 cm³/mol. The monoisotopic (exact) mass is 346 g/mol. The standard InChI is InChI=1S/C21H34N2S/c1-2-3-4-5-6-7-8-9-10-11-12-13-14-15-16-17-20-24-21-22-18-19-23-21/h6-7,9-10,12-13,18-19H,2-5,8,11,14-17,20H2,1H3,(H,22,23)/b7-6-,10-9-,13-12-. The predicted octanol–water partition coefficient (Wildman–Crippen LogP) is 7.09. The van der Waals surface area contributed by atoms with E-state index in [0.29, 0.717) is 0 Å². The number of H-pyrrole nitrogens is 1. The summed E-state index contributed by atoms with van der Waals surface area (Å²) in [5, 5.41) is 1.04. The second-order valence-electron chi connectivity index (χ2n) is 5.97. The molecule has 0 bridgehead atoms. The van der Waals surface area contributed by atoms with Gasteiger partial charge in [0.05, 0.1) is 0 Å². The first-order valence-corrected chi connectivity index (χ1v) is 10.5. The Hall–Kier alpha value is -1.22. The molecule has 1 heterocycles. The number of rotatable bonds is 15. The molecule has 0 radical (unpaired) electrons. The van der Waals surface area contributed by atoms with Gasteiger partial charge in [0.25, 0.3) is 0 Å². The first kappa shape index (κ1) is 20.8. The van der Waals surface area contributed by atoms with Crippen LogP contribution in [0.25, 0.3) is 0 Å². The molecule has 0 aliphatic rings. The van der Waals surface area contributed by atoms with Crippen LogP contribution in [0.2, 0.25) is 0 Å². The maximum absolute atomic E-state index is 4.21. The molecule has 134 valence electrons. The van der Waals surface area contributed by atoms with Crippen LogP contribution in [0.5, 0.6) is 0 Å². The number of nitrogens with zero attached hydrogens (tertiary/aromatic N) is 1. The lowest BCUT2D eigenvalue weighted by Crippen LogP contribution is -1.82. The first-order chi connectivity index (χ1) is 11.9. The van der Waals surface area contributed by atoms with Gasteiger partial charge in [-0.05, 0) is 44.9 Å². The SMILES string of the molecule is CCCCC/C=C\C/C=C\C/C=C\CCCCCSc1ncc[nH]1. The molecular formula is C21H34N2S. The minimum Gasteiger partial charge on any atom is -0.340 e. The van der Waals surface area contributed by atoms with Crippen molar-refractivity contribution < 1.29 is 0 Å². The van der Waals surface area contributed by atoms with Gasteiger partial charge in [0.2, 0.25) is 0 Å². The number of imidazole rings is 1. The van der Waals surface area contributed by atoms with E-state index in [4.69, 9.17) is 0 Å². The third-order valence-electron chi connectivity index (χ3n) is 3.75. The molecule has 2 nitrogen and oxygen atoms in total. The minimum absolute atomic E-state index is 1.04. The minimum atomic E-state index is 1.04. The summed E-state index contributed by atoms with van der Waals surface area (Å²) in [6, 6.07) is 0. The van der Waals surface area contributed by atoms with Crippen molar-refractivity contribution in [3.8, 4) is 0 Å². The number of aromatic amines is 1. The maximum atomic E-state index is 4.21. The first-order valence-electron chi connectivity index (χ1n) is 9.50. The zero-order chi connectivity index (χ0) is 17.1. The Bertz CT molecular complexity index is 446. The van der Waals surface area contributed by atoms with E-state index in [-0.39, 0.29) is 0 Å². The van der Waals surface area contributed by atoms with Crippen molar-refractivity contribution >= 4 is 11.8 Å². The van der Waals surface area contributed by atoms with Crippen molar-refractivity contribution in [2.45, 2.75) is 76.3 Å². The number of allylic oxidation sites excluding steroid dienone is 6. The van der Waals surface area contributed by atoms with Crippen LogP contribution in [0.3, 0.4) is 0 Å². The lowest BCUT2D eigenvalue weighted by atomic mass is 10.2. The van der Waals surface area contributed by atoms with Crippen LogP contribution >= 0.6 is 11.8 Å². The number of nitrogens with one attached hydrogen (secondary N) is 1. The molecule has 1 rings (SSSR count). The third kappa shape index (κ3) is 13.2. The molecule has 0 fully saturated rings. The lowest BCUT2D eigenvalue weighted by Gasteiger charge is -1.97. The summed E-state index contributed by atoms with van der Waals surface area (Å²) in [5.74, 6) is 1.16. The quantitative estimate of drug-likeness (QED) is 0.208. The molecule has 0 unspecified atom stereocenters. The number of hydrogen-bond acceptors (Lipinski definition) is 2. The topological polar surface area (TPSA) is 28.7 Å². The fourth-order valence-corrected chi connectivity index (χ4v) is 3.16. The van der Waals surface area contributed by atoms with Crippen molar-refractivity contribution in [3.63, 3.8) is 0 Å². The average molecular weight is 347 g/mol. The lowest BCUT2D eigenvalue weighted by molar-refractivity contribution is 0.728. The second-order valence-corrected chi connectivity index (χ2v) is 7.06. The Balaban J connectivity index is 1.83. The van der Waals surface area contributed by atoms with Crippen molar-refractivity contribution in [3.05, 3.63) is 48.8 Å². The number of aromatic nitrogens is 2. The maximum Gasteiger partial charge on any atom is 0.165 e. The summed E-state index contributed by atoms with van der Waals surface area (Å²) in [7, 11) is 0. The summed E-state index contributed by atoms with van der Waals surface area (Å²) in [5.41, 5.74) is 0. The Morgan fingerprint density at radius 2 is 1.54 bits per heavy atom. The summed E-state index contributed by atoms with van der Waals surface area (Å²) in [6.07, 6.45) is 29.9. The van der Waals surface area contributed by atoms with Gasteiger partial charge in [-0.1, -0.05) is 74.4 Å². The number of hydrogen-bond donors (Lipinski definition) is 1. The van der Waals surface area contributed by atoms with Gasteiger partial charge >= 0.3 is 0 Å². The number of unbranched alkanes of at least 4 members (excludes halogenated alkanes) is 6. The highest BCUT2D eigenvalue weighted by atomic mass is 32.2. The molecule has 1 aromatic rings. The molecule has 1 aromatic heterocycles. The molecule has 0 atom stereocenters. The van der Waals surface area contributed by atoms with Crippen LogP contribution in [-0.2, 0) is 0 Å². The molecule has 3 heteroatoms. The Labute approximate surface area is 152 Å². The average Bonchev–Trinajstić information content (AvgIpc) is 3.11. The molecule has 0 aromatic carbocycles.